The van der Waals surface area contributed by atoms with Crippen molar-refractivity contribution < 1.29 is 13.7 Å². The highest BCUT2D eigenvalue weighted by Gasteiger charge is 2.17. The van der Waals surface area contributed by atoms with Gasteiger partial charge >= 0.3 is 0 Å². The standard InChI is InChI=1S/C16H22FN3O2/c1-11(2)16(12-4-6-13(17)7-5-12)18-10-15-19-14(20-22-15)8-9-21-3/h4-7,11,16,18H,8-10H2,1-3H3. The third kappa shape index (κ3) is 4.61. The van der Waals surface area contributed by atoms with Gasteiger partial charge in [0.25, 0.3) is 0 Å². The number of halogens is 1. The smallest absolute Gasteiger partial charge is 0.240 e. The summed E-state index contributed by atoms with van der Waals surface area (Å²) in [6.07, 6.45) is 0.631. The second kappa shape index (κ2) is 8.00. The Morgan fingerprint density at radius 3 is 2.64 bits per heavy atom. The predicted octanol–water partition coefficient (Wildman–Crippen LogP) is 2.88. The second-order valence-electron chi connectivity index (χ2n) is 5.50. The summed E-state index contributed by atoms with van der Waals surface area (Å²) in [6, 6.07) is 6.63. The molecule has 0 bridgehead atoms. The molecule has 120 valence electrons. The van der Waals surface area contributed by atoms with E-state index in [0.717, 1.165) is 5.56 Å². The lowest BCUT2D eigenvalue weighted by Crippen LogP contribution is -2.25. The van der Waals surface area contributed by atoms with Crippen LogP contribution in [0.4, 0.5) is 4.39 Å². The molecule has 0 spiro atoms. The molecule has 1 unspecified atom stereocenters. The fraction of sp³-hybridized carbons (Fsp3) is 0.500. The Labute approximate surface area is 129 Å². The van der Waals surface area contributed by atoms with E-state index in [4.69, 9.17) is 9.26 Å². The van der Waals surface area contributed by atoms with Crippen molar-refractivity contribution >= 4 is 0 Å². The van der Waals surface area contributed by atoms with Crippen molar-refractivity contribution in [1.82, 2.24) is 15.5 Å². The molecule has 22 heavy (non-hydrogen) atoms. The molecule has 0 radical (unpaired) electrons. The summed E-state index contributed by atoms with van der Waals surface area (Å²) < 4.78 is 23.2. The minimum atomic E-state index is -0.231. The van der Waals surface area contributed by atoms with E-state index in [9.17, 15) is 4.39 Å². The van der Waals surface area contributed by atoms with Crippen molar-refractivity contribution in [2.45, 2.75) is 32.9 Å². The van der Waals surface area contributed by atoms with Gasteiger partial charge in [0.05, 0.1) is 13.2 Å². The molecule has 0 fully saturated rings. The van der Waals surface area contributed by atoms with Crippen LogP contribution in [-0.4, -0.2) is 23.9 Å². The highest BCUT2D eigenvalue weighted by Crippen LogP contribution is 2.22. The third-order valence-corrected chi connectivity index (χ3v) is 3.41. The molecule has 1 N–H and O–H groups in total. The minimum Gasteiger partial charge on any atom is -0.384 e. The molecule has 2 aromatic rings. The van der Waals surface area contributed by atoms with E-state index in [0.29, 0.717) is 37.2 Å². The van der Waals surface area contributed by atoms with E-state index >= 15 is 0 Å². The maximum atomic E-state index is 13.0. The molecule has 0 saturated heterocycles. The number of ether oxygens (including phenoxy) is 1. The Morgan fingerprint density at radius 1 is 1.27 bits per heavy atom. The zero-order valence-electron chi connectivity index (χ0n) is 13.2. The summed E-state index contributed by atoms with van der Waals surface area (Å²) >= 11 is 0. The summed E-state index contributed by atoms with van der Waals surface area (Å²) in [5.74, 6) is 1.30. The molecular formula is C16H22FN3O2. The van der Waals surface area contributed by atoms with Gasteiger partial charge in [0.2, 0.25) is 5.89 Å². The monoisotopic (exact) mass is 307 g/mol. The van der Waals surface area contributed by atoms with Crippen LogP contribution in [0.3, 0.4) is 0 Å². The number of methoxy groups -OCH3 is 1. The molecule has 1 atom stereocenters. The van der Waals surface area contributed by atoms with E-state index in [-0.39, 0.29) is 11.9 Å². The van der Waals surface area contributed by atoms with Crippen molar-refractivity contribution in [3.63, 3.8) is 0 Å². The highest BCUT2D eigenvalue weighted by molar-refractivity contribution is 5.20. The van der Waals surface area contributed by atoms with E-state index in [1.807, 2.05) is 0 Å². The number of hydrogen-bond donors (Lipinski definition) is 1. The van der Waals surface area contributed by atoms with Crippen LogP contribution >= 0.6 is 0 Å². The summed E-state index contributed by atoms with van der Waals surface area (Å²) in [5.41, 5.74) is 1.04. The van der Waals surface area contributed by atoms with Crippen LogP contribution in [0.2, 0.25) is 0 Å². The SMILES string of the molecule is COCCc1noc(CNC(c2ccc(F)cc2)C(C)C)n1. The fourth-order valence-corrected chi connectivity index (χ4v) is 2.26. The molecule has 0 aliphatic carbocycles. The molecular weight excluding hydrogens is 285 g/mol. The van der Waals surface area contributed by atoms with Gasteiger partial charge in [0.1, 0.15) is 5.82 Å². The first kappa shape index (κ1) is 16.6. The van der Waals surface area contributed by atoms with E-state index in [2.05, 4.69) is 29.3 Å². The lowest BCUT2D eigenvalue weighted by molar-refractivity contribution is 0.199. The van der Waals surface area contributed by atoms with E-state index in [1.54, 1.807) is 19.2 Å². The van der Waals surface area contributed by atoms with E-state index in [1.165, 1.54) is 12.1 Å². The van der Waals surface area contributed by atoms with Gasteiger partial charge in [-0.15, -0.1) is 0 Å². The lowest BCUT2D eigenvalue weighted by Gasteiger charge is -2.22. The minimum absolute atomic E-state index is 0.0925. The third-order valence-electron chi connectivity index (χ3n) is 3.41. The van der Waals surface area contributed by atoms with Crippen LogP contribution in [0.5, 0.6) is 0 Å². The normalized spacial score (nSPS) is 12.8. The largest absolute Gasteiger partial charge is 0.384 e. The molecule has 2 rings (SSSR count). The first-order valence-corrected chi connectivity index (χ1v) is 7.39. The maximum absolute atomic E-state index is 13.0. The zero-order chi connectivity index (χ0) is 15.9. The first-order valence-electron chi connectivity index (χ1n) is 7.39. The molecule has 0 saturated carbocycles. The van der Waals surface area contributed by atoms with Crippen molar-refractivity contribution in [3.05, 3.63) is 47.4 Å². The molecule has 1 aromatic carbocycles. The first-order chi connectivity index (χ1) is 10.6. The number of nitrogens with one attached hydrogen (secondary N) is 1. The molecule has 1 aromatic heterocycles. The average Bonchev–Trinajstić information content (AvgIpc) is 2.94. The van der Waals surface area contributed by atoms with Crippen LogP contribution < -0.4 is 5.32 Å². The summed E-state index contributed by atoms with van der Waals surface area (Å²) in [5, 5.41) is 7.30. The van der Waals surface area contributed by atoms with Gasteiger partial charge in [0, 0.05) is 19.6 Å². The summed E-state index contributed by atoms with van der Waals surface area (Å²) in [6.45, 7) is 5.26. The van der Waals surface area contributed by atoms with Crippen LogP contribution in [0, 0.1) is 11.7 Å². The Bertz CT molecular complexity index is 569. The van der Waals surface area contributed by atoms with Crippen molar-refractivity contribution in [2.75, 3.05) is 13.7 Å². The molecule has 0 amide bonds. The fourth-order valence-electron chi connectivity index (χ4n) is 2.26. The number of hydrogen-bond acceptors (Lipinski definition) is 5. The van der Waals surface area contributed by atoms with Gasteiger partial charge in [-0.25, -0.2) is 4.39 Å². The number of nitrogens with zero attached hydrogens (tertiary/aromatic N) is 2. The van der Waals surface area contributed by atoms with Crippen LogP contribution in [0.1, 0.15) is 37.2 Å². The van der Waals surface area contributed by atoms with Gasteiger partial charge in [-0.1, -0.05) is 31.1 Å². The highest BCUT2D eigenvalue weighted by atomic mass is 19.1. The van der Waals surface area contributed by atoms with Crippen molar-refractivity contribution in [3.8, 4) is 0 Å². The Morgan fingerprint density at radius 2 is 2.00 bits per heavy atom. The van der Waals surface area contributed by atoms with Crippen LogP contribution in [-0.2, 0) is 17.7 Å². The summed E-state index contributed by atoms with van der Waals surface area (Å²) in [7, 11) is 1.64. The van der Waals surface area contributed by atoms with E-state index < -0.39 is 0 Å². The molecule has 5 nitrogen and oxygen atoms in total. The topological polar surface area (TPSA) is 60.2 Å². The summed E-state index contributed by atoms with van der Waals surface area (Å²) in [4.78, 5) is 4.31. The quantitative estimate of drug-likeness (QED) is 0.812. The van der Waals surface area contributed by atoms with Crippen LogP contribution in [0.15, 0.2) is 28.8 Å². The van der Waals surface area contributed by atoms with Gasteiger partial charge < -0.3 is 14.6 Å². The number of benzene rings is 1. The van der Waals surface area contributed by atoms with Gasteiger partial charge in [-0.2, -0.15) is 4.98 Å². The maximum Gasteiger partial charge on any atom is 0.240 e. The predicted molar refractivity (Wildman–Crippen MR) is 80.7 cm³/mol. The molecule has 0 aliphatic rings. The average molecular weight is 307 g/mol. The molecule has 1 heterocycles. The van der Waals surface area contributed by atoms with Crippen LogP contribution in [0.25, 0.3) is 0 Å². The zero-order valence-corrected chi connectivity index (χ0v) is 13.2. The van der Waals surface area contributed by atoms with Crippen molar-refractivity contribution in [1.29, 1.82) is 0 Å². The number of rotatable bonds is 8. The van der Waals surface area contributed by atoms with Gasteiger partial charge in [0.15, 0.2) is 5.82 Å². The lowest BCUT2D eigenvalue weighted by atomic mass is 9.96. The van der Waals surface area contributed by atoms with Gasteiger partial charge in [-0.3, -0.25) is 0 Å². The molecule has 6 heteroatoms. The Balaban J connectivity index is 1.97. The second-order valence-corrected chi connectivity index (χ2v) is 5.50. The Kier molecular flexibility index (Phi) is 6.03. The van der Waals surface area contributed by atoms with Gasteiger partial charge in [-0.05, 0) is 23.6 Å². The number of aromatic nitrogens is 2. The Hall–Kier alpha value is -1.79. The molecule has 0 aliphatic heterocycles. The van der Waals surface area contributed by atoms with Crippen molar-refractivity contribution in [2.24, 2.45) is 5.92 Å².